The van der Waals surface area contributed by atoms with Crippen LogP contribution in [0.3, 0.4) is 0 Å². The second kappa shape index (κ2) is 11.3. The lowest BCUT2D eigenvalue weighted by Gasteiger charge is -2.14. The summed E-state index contributed by atoms with van der Waals surface area (Å²) >= 11 is 2.14. The van der Waals surface area contributed by atoms with Gasteiger partial charge in [0.1, 0.15) is 18.2 Å². The van der Waals surface area contributed by atoms with E-state index in [-0.39, 0.29) is 5.57 Å². The van der Waals surface area contributed by atoms with Crippen LogP contribution in [0.2, 0.25) is 0 Å². The number of halogens is 1. The van der Waals surface area contributed by atoms with Crippen LogP contribution in [0.15, 0.2) is 54.6 Å². The second-order valence-corrected chi connectivity index (χ2v) is 7.16. The van der Waals surface area contributed by atoms with Crippen molar-refractivity contribution in [3.05, 3.63) is 69.3 Å². The average molecular weight is 502 g/mol. The van der Waals surface area contributed by atoms with Crippen molar-refractivity contribution in [2.45, 2.75) is 20.3 Å². The number of carbonyl (C=O) groups is 1. The number of nitrogens with one attached hydrogen (secondary N) is 1. The van der Waals surface area contributed by atoms with Gasteiger partial charge in [-0.2, -0.15) is 5.26 Å². The Hall–Kier alpha value is -2.79. The quantitative estimate of drug-likeness (QED) is 0.217. The monoisotopic (exact) mass is 502 g/mol. The fourth-order valence-corrected chi connectivity index (χ4v) is 3.45. The van der Waals surface area contributed by atoms with E-state index in [4.69, 9.17) is 9.47 Å². The van der Waals surface area contributed by atoms with Crippen LogP contribution >= 0.6 is 22.6 Å². The van der Waals surface area contributed by atoms with Gasteiger partial charge >= 0.3 is 0 Å². The van der Waals surface area contributed by atoms with E-state index in [0.29, 0.717) is 36.0 Å². The first kappa shape index (κ1) is 22.5. The Morgan fingerprint density at radius 1 is 1.28 bits per heavy atom. The molecular formula is C23H23IN2O3. The van der Waals surface area contributed by atoms with Crippen molar-refractivity contribution in [1.82, 2.24) is 0 Å². The van der Waals surface area contributed by atoms with Crippen LogP contribution in [0.4, 0.5) is 5.69 Å². The molecule has 0 aromatic heterocycles. The highest BCUT2D eigenvalue weighted by Crippen LogP contribution is 2.35. The predicted molar refractivity (Wildman–Crippen MR) is 124 cm³/mol. The molecule has 6 heteroatoms. The molecule has 1 amide bonds. The fourth-order valence-electron chi connectivity index (χ4n) is 2.67. The van der Waals surface area contributed by atoms with Gasteiger partial charge in [0.05, 0.1) is 10.2 Å². The molecule has 0 aliphatic carbocycles. The molecule has 0 aliphatic rings. The zero-order valence-electron chi connectivity index (χ0n) is 16.5. The zero-order chi connectivity index (χ0) is 21.2. The minimum Gasteiger partial charge on any atom is -0.490 e. The van der Waals surface area contributed by atoms with E-state index in [2.05, 4.69) is 34.5 Å². The summed E-state index contributed by atoms with van der Waals surface area (Å²) < 4.78 is 12.2. The van der Waals surface area contributed by atoms with Gasteiger partial charge in [-0.1, -0.05) is 37.8 Å². The Kier molecular flexibility index (Phi) is 8.74. The Morgan fingerprint density at radius 3 is 2.69 bits per heavy atom. The molecule has 0 fully saturated rings. The number of benzene rings is 2. The third-order valence-electron chi connectivity index (χ3n) is 4.00. The van der Waals surface area contributed by atoms with E-state index in [1.54, 1.807) is 18.2 Å². The number of ether oxygens (including phenoxy) is 2. The van der Waals surface area contributed by atoms with Gasteiger partial charge in [0.2, 0.25) is 0 Å². The number of anilines is 1. The van der Waals surface area contributed by atoms with Crippen molar-refractivity contribution in [3.8, 4) is 17.6 Å². The molecule has 2 rings (SSSR count). The van der Waals surface area contributed by atoms with Crippen LogP contribution in [0.5, 0.6) is 11.5 Å². The Morgan fingerprint density at radius 2 is 2.03 bits per heavy atom. The first-order chi connectivity index (χ1) is 14.0. The summed E-state index contributed by atoms with van der Waals surface area (Å²) in [4.78, 5) is 12.6. The topological polar surface area (TPSA) is 71.3 Å². The second-order valence-electron chi connectivity index (χ2n) is 6.00. The largest absolute Gasteiger partial charge is 0.490 e. The number of nitriles is 1. The van der Waals surface area contributed by atoms with Gasteiger partial charge in [-0.15, -0.1) is 0 Å². The molecule has 1 N–H and O–H groups in total. The third-order valence-corrected chi connectivity index (χ3v) is 4.80. The normalized spacial score (nSPS) is 10.8. The molecule has 29 heavy (non-hydrogen) atoms. The molecule has 0 heterocycles. The highest BCUT2D eigenvalue weighted by molar-refractivity contribution is 14.1. The summed E-state index contributed by atoms with van der Waals surface area (Å²) in [6.45, 7) is 8.37. The van der Waals surface area contributed by atoms with Gasteiger partial charge in [0.15, 0.2) is 11.5 Å². The van der Waals surface area contributed by atoms with Crippen molar-refractivity contribution in [1.29, 1.82) is 5.26 Å². The van der Waals surface area contributed by atoms with E-state index in [1.165, 1.54) is 0 Å². The molecule has 0 unspecified atom stereocenters. The maximum atomic E-state index is 12.6. The number of hydrogen-bond donors (Lipinski definition) is 1. The standard InChI is InChI=1S/C23H23IN2O3/c1-4-11-29-22-19(24)13-16(14-21(22)28-6-3)12-18(15-25)23(27)26-20-10-8-7-9-17(20)5-2/h4,7-10,12-14H,1,5-6,11H2,2-3H3,(H,26,27)/b18-12+. The van der Waals surface area contributed by atoms with E-state index >= 15 is 0 Å². The molecule has 0 saturated heterocycles. The average Bonchev–Trinajstić information content (AvgIpc) is 2.72. The maximum absolute atomic E-state index is 12.6. The van der Waals surface area contributed by atoms with E-state index < -0.39 is 5.91 Å². The lowest BCUT2D eigenvalue weighted by Crippen LogP contribution is -2.14. The molecule has 0 spiro atoms. The molecule has 150 valence electrons. The number of hydrogen-bond acceptors (Lipinski definition) is 4. The molecule has 0 saturated carbocycles. The SMILES string of the molecule is C=CCOc1c(I)cc(/C=C(\C#N)C(=O)Nc2ccccc2CC)cc1OCC. The molecule has 0 atom stereocenters. The lowest BCUT2D eigenvalue weighted by molar-refractivity contribution is -0.112. The highest BCUT2D eigenvalue weighted by atomic mass is 127. The number of nitrogens with zero attached hydrogens (tertiary/aromatic N) is 1. The Bertz CT molecular complexity index is 961. The summed E-state index contributed by atoms with van der Waals surface area (Å²) in [7, 11) is 0. The van der Waals surface area contributed by atoms with Crippen molar-refractivity contribution < 1.29 is 14.3 Å². The Labute approximate surface area is 185 Å². The number of para-hydroxylation sites is 1. The van der Waals surface area contributed by atoms with E-state index in [0.717, 1.165) is 15.6 Å². The van der Waals surface area contributed by atoms with Gasteiger partial charge in [-0.05, 0) is 71.3 Å². The fraction of sp³-hybridized carbons (Fsp3) is 0.217. The van der Waals surface area contributed by atoms with Crippen LogP contribution in [0.25, 0.3) is 6.08 Å². The number of carbonyl (C=O) groups excluding carboxylic acids is 1. The Balaban J connectivity index is 2.35. The number of amides is 1. The first-order valence-electron chi connectivity index (χ1n) is 9.25. The smallest absolute Gasteiger partial charge is 0.266 e. The summed E-state index contributed by atoms with van der Waals surface area (Å²) in [5.41, 5.74) is 2.40. The molecule has 5 nitrogen and oxygen atoms in total. The first-order valence-corrected chi connectivity index (χ1v) is 10.3. The van der Waals surface area contributed by atoms with Crippen LogP contribution in [-0.4, -0.2) is 19.1 Å². The van der Waals surface area contributed by atoms with Gasteiger partial charge < -0.3 is 14.8 Å². The van der Waals surface area contributed by atoms with Gasteiger partial charge in [0.25, 0.3) is 5.91 Å². The van der Waals surface area contributed by atoms with Gasteiger partial charge in [-0.3, -0.25) is 4.79 Å². The lowest BCUT2D eigenvalue weighted by atomic mass is 10.1. The minimum atomic E-state index is -0.451. The minimum absolute atomic E-state index is 0.00825. The highest BCUT2D eigenvalue weighted by Gasteiger charge is 2.15. The molecule has 0 radical (unpaired) electrons. The summed E-state index contributed by atoms with van der Waals surface area (Å²) in [5, 5.41) is 12.4. The van der Waals surface area contributed by atoms with Crippen molar-refractivity contribution in [3.63, 3.8) is 0 Å². The summed E-state index contributed by atoms with van der Waals surface area (Å²) in [5.74, 6) is 0.721. The molecule has 2 aromatic carbocycles. The number of aryl methyl sites for hydroxylation is 1. The molecule has 0 bridgehead atoms. The van der Waals surface area contributed by atoms with Crippen LogP contribution in [0, 0.1) is 14.9 Å². The van der Waals surface area contributed by atoms with Crippen molar-refractivity contribution >= 4 is 40.3 Å². The summed E-state index contributed by atoms with van der Waals surface area (Å²) in [6.07, 6.45) is 3.99. The van der Waals surface area contributed by atoms with Crippen LogP contribution in [-0.2, 0) is 11.2 Å². The van der Waals surface area contributed by atoms with Crippen molar-refractivity contribution in [2.24, 2.45) is 0 Å². The summed E-state index contributed by atoms with van der Waals surface area (Å²) in [6, 6.07) is 13.1. The van der Waals surface area contributed by atoms with Gasteiger partial charge in [-0.25, -0.2) is 0 Å². The van der Waals surface area contributed by atoms with E-state index in [9.17, 15) is 10.1 Å². The van der Waals surface area contributed by atoms with Crippen LogP contribution in [0.1, 0.15) is 25.0 Å². The predicted octanol–water partition coefficient (Wildman–Crippen LogP) is 5.36. The van der Waals surface area contributed by atoms with Gasteiger partial charge in [0, 0.05) is 5.69 Å². The zero-order valence-corrected chi connectivity index (χ0v) is 18.7. The third kappa shape index (κ3) is 6.09. The molecular weight excluding hydrogens is 479 g/mol. The molecule has 0 aliphatic heterocycles. The number of rotatable bonds is 9. The van der Waals surface area contributed by atoms with Crippen LogP contribution < -0.4 is 14.8 Å². The van der Waals surface area contributed by atoms with E-state index in [1.807, 2.05) is 50.2 Å². The maximum Gasteiger partial charge on any atom is 0.266 e. The molecule has 2 aromatic rings. The van der Waals surface area contributed by atoms with Crippen molar-refractivity contribution in [2.75, 3.05) is 18.5 Å².